The van der Waals surface area contributed by atoms with Crippen LogP contribution < -0.4 is 0 Å². The summed E-state index contributed by atoms with van der Waals surface area (Å²) in [4.78, 5) is 11.1. The van der Waals surface area contributed by atoms with Crippen molar-refractivity contribution in [2.45, 2.75) is 6.42 Å². The predicted molar refractivity (Wildman–Crippen MR) is 79.0 cm³/mol. The number of carboxylic acids is 1. The molecule has 0 heterocycles. The Morgan fingerprint density at radius 1 is 0.950 bits per heavy atom. The molecule has 3 nitrogen and oxygen atoms in total. The molecule has 0 saturated heterocycles. The first kappa shape index (κ1) is 13.9. The second kappa shape index (κ2) is 6.57. The molecule has 0 fully saturated rings. The Morgan fingerprint density at radius 3 is 1.90 bits per heavy atom. The van der Waals surface area contributed by atoms with Gasteiger partial charge in [0.2, 0.25) is 0 Å². The Morgan fingerprint density at radius 2 is 1.45 bits per heavy atom. The Bertz CT molecular complexity index is 601. The summed E-state index contributed by atoms with van der Waals surface area (Å²) in [6.07, 6.45) is -0.0813. The van der Waals surface area contributed by atoms with Gasteiger partial charge in [-0.1, -0.05) is 60.7 Å². The molecule has 102 valence electrons. The Labute approximate surface area is 118 Å². The van der Waals surface area contributed by atoms with Gasteiger partial charge in [0.25, 0.3) is 0 Å². The van der Waals surface area contributed by atoms with Gasteiger partial charge in [-0.25, -0.2) is 0 Å². The normalized spacial score (nSPS) is 11.7. The van der Waals surface area contributed by atoms with Gasteiger partial charge in [0.05, 0.1) is 13.5 Å². The van der Waals surface area contributed by atoms with E-state index in [0.717, 1.165) is 11.1 Å². The second-order valence-electron chi connectivity index (χ2n) is 4.31. The van der Waals surface area contributed by atoms with Crippen LogP contribution >= 0.6 is 0 Å². The van der Waals surface area contributed by atoms with Crippen LogP contribution in [-0.4, -0.2) is 18.2 Å². The van der Waals surface area contributed by atoms with Gasteiger partial charge < -0.3 is 9.84 Å². The van der Waals surface area contributed by atoms with Crippen LogP contribution in [0.4, 0.5) is 0 Å². The molecule has 0 atom stereocenters. The van der Waals surface area contributed by atoms with Crippen molar-refractivity contribution in [2.24, 2.45) is 0 Å². The quantitative estimate of drug-likeness (QED) is 0.664. The Balaban J connectivity index is 2.58. The topological polar surface area (TPSA) is 46.5 Å². The molecule has 0 aromatic heterocycles. The minimum absolute atomic E-state index is 0.0813. The summed E-state index contributed by atoms with van der Waals surface area (Å²) in [7, 11) is 1.56. The van der Waals surface area contributed by atoms with Gasteiger partial charge in [0, 0.05) is 11.1 Å². The van der Waals surface area contributed by atoms with Crippen molar-refractivity contribution in [3.63, 3.8) is 0 Å². The number of hydrogen-bond acceptors (Lipinski definition) is 2. The molecular weight excluding hydrogens is 252 g/mol. The van der Waals surface area contributed by atoms with Crippen LogP contribution in [0, 0.1) is 0 Å². The van der Waals surface area contributed by atoms with Gasteiger partial charge in [-0.15, -0.1) is 0 Å². The monoisotopic (exact) mass is 268 g/mol. The van der Waals surface area contributed by atoms with Gasteiger partial charge in [0.1, 0.15) is 5.76 Å². The molecule has 0 bridgehead atoms. The van der Waals surface area contributed by atoms with Crippen molar-refractivity contribution >= 4 is 17.3 Å². The second-order valence-corrected chi connectivity index (χ2v) is 4.31. The van der Waals surface area contributed by atoms with E-state index in [1.165, 1.54) is 0 Å². The number of carbonyl (C=O) groups is 1. The molecule has 2 rings (SSSR count). The summed E-state index contributed by atoms with van der Waals surface area (Å²) in [5, 5.41) is 9.15. The minimum atomic E-state index is -0.880. The van der Waals surface area contributed by atoms with Crippen LogP contribution in [0.1, 0.15) is 17.5 Å². The lowest BCUT2D eigenvalue weighted by atomic mass is 9.98. The predicted octanol–water partition coefficient (Wildman–Crippen LogP) is 3.68. The SMILES string of the molecule is CO/C(=C(\CC(=O)O)c1ccccc1)c1ccccc1. The zero-order chi connectivity index (χ0) is 14.4. The third-order valence-corrected chi connectivity index (χ3v) is 2.96. The lowest BCUT2D eigenvalue weighted by Gasteiger charge is -2.14. The van der Waals surface area contributed by atoms with E-state index in [4.69, 9.17) is 9.84 Å². The molecule has 0 aliphatic carbocycles. The highest BCUT2D eigenvalue weighted by molar-refractivity contribution is 5.95. The number of benzene rings is 2. The number of hydrogen-bond donors (Lipinski definition) is 1. The number of methoxy groups -OCH3 is 1. The van der Waals surface area contributed by atoms with E-state index >= 15 is 0 Å². The molecule has 0 amide bonds. The van der Waals surface area contributed by atoms with Gasteiger partial charge in [-0.05, 0) is 5.56 Å². The Hall–Kier alpha value is -2.55. The molecule has 0 radical (unpaired) electrons. The van der Waals surface area contributed by atoms with Crippen molar-refractivity contribution in [3.8, 4) is 0 Å². The molecule has 0 aliphatic rings. The molecule has 0 spiro atoms. The van der Waals surface area contributed by atoms with Crippen LogP contribution in [0.5, 0.6) is 0 Å². The summed E-state index contributed by atoms with van der Waals surface area (Å²) in [6, 6.07) is 19.0. The summed E-state index contributed by atoms with van der Waals surface area (Å²) < 4.78 is 5.47. The number of rotatable bonds is 5. The standard InChI is InChI=1S/C17H16O3/c1-20-17(14-10-6-3-7-11-14)15(12-16(18)19)13-8-4-2-5-9-13/h2-11H,12H2,1H3,(H,18,19)/b17-15+. The van der Waals surface area contributed by atoms with Crippen molar-refractivity contribution in [1.82, 2.24) is 0 Å². The number of ether oxygens (including phenoxy) is 1. The molecule has 3 heteroatoms. The van der Waals surface area contributed by atoms with Crippen LogP contribution in [0.3, 0.4) is 0 Å². The average Bonchev–Trinajstić information content (AvgIpc) is 2.49. The van der Waals surface area contributed by atoms with Crippen LogP contribution in [0.2, 0.25) is 0 Å². The third kappa shape index (κ3) is 3.26. The van der Waals surface area contributed by atoms with E-state index < -0.39 is 5.97 Å². The molecule has 2 aromatic carbocycles. The van der Waals surface area contributed by atoms with Gasteiger partial charge in [-0.3, -0.25) is 4.79 Å². The molecule has 0 unspecified atom stereocenters. The highest BCUT2D eigenvalue weighted by atomic mass is 16.5. The van der Waals surface area contributed by atoms with Gasteiger partial charge >= 0.3 is 5.97 Å². The fraction of sp³-hybridized carbons (Fsp3) is 0.118. The first-order valence-electron chi connectivity index (χ1n) is 6.32. The highest BCUT2D eigenvalue weighted by Crippen LogP contribution is 2.29. The van der Waals surface area contributed by atoms with E-state index in [0.29, 0.717) is 11.3 Å². The lowest BCUT2D eigenvalue weighted by molar-refractivity contribution is -0.135. The van der Waals surface area contributed by atoms with E-state index in [1.807, 2.05) is 60.7 Å². The fourth-order valence-corrected chi connectivity index (χ4v) is 2.11. The zero-order valence-electron chi connectivity index (χ0n) is 11.2. The smallest absolute Gasteiger partial charge is 0.307 e. The molecule has 1 N–H and O–H groups in total. The number of carboxylic acid groups (broad SMARTS) is 1. The largest absolute Gasteiger partial charge is 0.496 e. The van der Waals surface area contributed by atoms with E-state index in [9.17, 15) is 4.79 Å². The van der Waals surface area contributed by atoms with E-state index in [-0.39, 0.29) is 6.42 Å². The van der Waals surface area contributed by atoms with Gasteiger partial charge in [-0.2, -0.15) is 0 Å². The summed E-state index contributed by atoms with van der Waals surface area (Å²) in [5.74, 6) is -0.284. The van der Waals surface area contributed by atoms with Gasteiger partial charge in [0.15, 0.2) is 0 Å². The summed E-state index contributed by atoms with van der Waals surface area (Å²) in [5.41, 5.74) is 2.40. The highest BCUT2D eigenvalue weighted by Gasteiger charge is 2.15. The molecule has 2 aromatic rings. The fourth-order valence-electron chi connectivity index (χ4n) is 2.11. The maximum atomic E-state index is 11.1. The molecular formula is C17H16O3. The van der Waals surface area contributed by atoms with Crippen LogP contribution in [0.15, 0.2) is 60.7 Å². The maximum absolute atomic E-state index is 11.1. The number of aliphatic carboxylic acids is 1. The van der Waals surface area contributed by atoms with E-state index in [2.05, 4.69) is 0 Å². The van der Waals surface area contributed by atoms with Crippen molar-refractivity contribution < 1.29 is 14.6 Å². The van der Waals surface area contributed by atoms with Crippen LogP contribution in [0.25, 0.3) is 11.3 Å². The van der Waals surface area contributed by atoms with E-state index in [1.54, 1.807) is 7.11 Å². The summed E-state index contributed by atoms with van der Waals surface area (Å²) >= 11 is 0. The van der Waals surface area contributed by atoms with Crippen molar-refractivity contribution in [1.29, 1.82) is 0 Å². The minimum Gasteiger partial charge on any atom is -0.496 e. The maximum Gasteiger partial charge on any atom is 0.307 e. The zero-order valence-corrected chi connectivity index (χ0v) is 11.2. The third-order valence-electron chi connectivity index (χ3n) is 2.96. The average molecular weight is 268 g/mol. The Kier molecular flexibility index (Phi) is 4.56. The molecule has 0 saturated carbocycles. The lowest BCUT2D eigenvalue weighted by Crippen LogP contribution is -2.01. The molecule has 0 aliphatic heterocycles. The van der Waals surface area contributed by atoms with Crippen LogP contribution in [-0.2, 0) is 9.53 Å². The molecule has 20 heavy (non-hydrogen) atoms. The first-order valence-corrected chi connectivity index (χ1v) is 6.32. The first-order chi connectivity index (χ1) is 9.72. The van der Waals surface area contributed by atoms with Crippen molar-refractivity contribution in [2.75, 3.05) is 7.11 Å². The van der Waals surface area contributed by atoms with Crippen molar-refractivity contribution in [3.05, 3.63) is 71.8 Å². The summed E-state index contributed by atoms with van der Waals surface area (Å²) in [6.45, 7) is 0.